The molecule has 0 fully saturated rings. The lowest BCUT2D eigenvalue weighted by Gasteiger charge is -2.03. The molecule has 0 aliphatic carbocycles. The van der Waals surface area contributed by atoms with Gasteiger partial charge in [-0.05, 0) is 11.5 Å². The van der Waals surface area contributed by atoms with Crippen LogP contribution in [-0.2, 0) is 11.2 Å². The van der Waals surface area contributed by atoms with Gasteiger partial charge < -0.3 is 5.11 Å². The van der Waals surface area contributed by atoms with Crippen molar-refractivity contribution in [3.05, 3.63) is 23.8 Å². The Bertz CT molecular complexity index is 293. The van der Waals surface area contributed by atoms with Gasteiger partial charge in [0.1, 0.15) is 12.2 Å². The Morgan fingerprint density at radius 3 is 2.38 bits per heavy atom. The topological polar surface area (TPSA) is 63.1 Å². The van der Waals surface area contributed by atoms with Crippen LogP contribution in [0.25, 0.3) is 0 Å². The van der Waals surface area contributed by atoms with Crippen LogP contribution in [0.2, 0.25) is 0 Å². The number of aliphatic carboxylic acids is 1. The quantitative estimate of drug-likeness (QED) is 0.759. The maximum Gasteiger partial charge on any atom is 0.311 e. The third kappa shape index (κ3) is 2.82. The molecule has 4 heteroatoms. The van der Waals surface area contributed by atoms with Crippen molar-refractivity contribution in [3.63, 3.8) is 0 Å². The molecule has 1 N–H and O–H groups in total. The third-order valence-electron chi connectivity index (χ3n) is 1.70. The number of hydrogen-bond donors (Lipinski definition) is 1. The van der Waals surface area contributed by atoms with Crippen LogP contribution >= 0.6 is 0 Å². The van der Waals surface area contributed by atoms with Crippen LogP contribution in [0.1, 0.15) is 31.2 Å². The Kier molecular flexibility index (Phi) is 2.95. The van der Waals surface area contributed by atoms with Gasteiger partial charge in [0.15, 0.2) is 0 Å². The zero-order chi connectivity index (χ0) is 9.84. The smallest absolute Gasteiger partial charge is 0.311 e. The monoisotopic (exact) mass is 180 g/mol. The van der Waals surface area contributed by atoms with Crippen molar-refractivity contribution in [2.45, 2.75) is 26.2 Å². The van der Waals surface area contributed by atoms with E-state index in [-0.39, 0.29) is 6.42 Å². The van der Waals surface area contributed by atoms with Gasteiger partial charge in [-0.3, -0.25) is 4.79 Å². The van der Waals surface area contributed by atoms with Crippen LogP contribution in [0.5, 0.6) is 0 Å². The van der Waals surface area contributed by atoms with Gasteiger partial charge in [-0.15, -0.1) is 0 Å². The van der Waals surface area contributed by atoms with Crippen molar-refractivity contribution in [2.24, 2.45) is 0 Å². The van der Waals surface area contributed by atoms with Crippen molar-refractivity contribution in [1.29, 1.82) is 0 Å². The summed E-state index contributed by atoms with van der Waals surface area (Å²) in [5, 5.41) is 8.47. The Labute approximate surface area is 76.7 Å². The zero-order valence-corrected chi connectivity index (χ0v) is 7.69. The van der Waals surface area contributed by atoms with Gasteiger partial charge in [0.05, 0.1) is 0 Å². The lowest BCUT2D eigenvalue weighted by molar-refractivity contribution is -0.136. The van der Waals surface area contributed by atoms with Gasteiger partial charge in [-0.1, -0.05) is 13.8 Å². The number of carboxylic acids is 1. The number of nitrogens with zero attached hydrogens (tertiary/aromatic N) is 2. The summed E-state index contributed by atoms with van der Waals surface area (Å²) in [6.45, 7) is 4.07. The molecule has 0 aromatic carbocycles. The van der Waals surface area contributed by atoms with Crippen LogP contribution < -0.4 is 0 Å². The highest BCUT2D eigenvalue weighted by atomic mass is 16.4. The van der Waals surface area contributed by atoms with Gasteiger partial charge in [0.2, 0.25) is 0 Å². The summed E-state index contributed by atoms with van der Waals surface area (Å²) in [4.78, 5) is 18.2. The van der Waals surface area contributed by atoms with E-state index in [1.165, 1.54) is 0 Å². The van der Waals surface area contributed by atoms with Crippen LogP contribution in [-0.4, -0.2) is 21.0 Å². The number of rotatable bonds is 3. The minimum absolute atomic E-state index is 0.113. The molecule has 0 unspecified atom stereocenters. The van der Waals surface area contributed by atoms with Crippen LogP contribution in [0, 0.1) is 0 Å². The molecule has 0 aliphatic rings. The highest BCUT2D eigenvalue weighted by Gasteiger charge is 2.04. The molecular formula is C9H12N2O2. The van der Waals surface area contributed by atoms with Gasteiger partial charge in [0, 0.05) is 12.4 Å². The van der Waals surface area contributed by atoms with E-state index < -0.39 is 5.97 Å². The molecule has 0 saturated carbocycles. The molecule has 1 aromatic rings. The summed E-state index contributed by atoms with van der Waals surface area (Å²) in [5.41, 5.74) is 1.02. The van der Waals surface area contributed by atoms with E-state index in [0.29, 0.717) is 11.7 Å². The molecule has 13 heavy (non-hydrogen) atoms. The molecule has 1 heterocycles. The van der Waals surface area contributed by atoms with Crippen molar-refractivity contribution in [2.75, 3.05) is 0 Å². The standard InChI is InChI=1S/C9H12N2O2/c1-6(2)7-4-10-8(11-5-7)3-9(12)13/h4-6H,3H2,1-2H3,(H,12,13). The highest BCUT2D eigenvalue weighted by Crippen LogP contribution is 2.10. The van der Waals surface area contributed by atoms with Gasteiger partial charge >= 0.3 is 5.97 Å². The van der Waals surface area contributed by atoms with E-state index in [9.17, 15) is 4.79 Å². The van der Waals surface area contributed by atoms with E-state index in [0.717, 1.165) is 5.56 Å². The minimum atomic E-state index is -0.905. The van der Waals surface area contributed by atoms with E-state index in [4.69, 9.17) is 5.11 Å². The van der Waals surface area contributed by atoms with Gasteiger partial charge in [0.25, 0.3) is 0 Å². The molecule has 0 spiro atoms. The second-order valence-corrected chi connectivity index (χ2v) is 3.16. The van der Waals surface area contributed by atoms with Crippen LogP contribution in [0.15, 0.2) is 12.4 Å². The average molecular weight is 180 g/mol. The fraction of sp³-hybridized carbons (Fsp3) is 0.444. The second kappa shape index (κ2) is 3.98. The summed E-state index contributed by atoms with van der Waals surface area (Å²) in [6, 6.07) is 0. The molecule has 1 rings (SSSR count). The average Bonchev–Trinajstić information content (AvgIpc) is 2.04. The zero-order valence-electron chi connectivity index (χ0n) is 7.69. The first kappa shape index (κ1) is 9.64. The number of hydrogen-bond acceptors (Lipinski definition) is 3. The minimum Gasteiger partial charge on any atom is -0.481 e. The Morgan fingerprint density at radius 1 is 1.46 bits per heavy atom. The van der Waals surface area contributed by atoms with E-state index in [2.05, 4.69) is 9.97 Å². The number of carbonyl (C=O) groups is 1. The lowest BCUT2D eigenvalue weighted by Crippen LogP contribution is -2.05. The molecule has 4 nitrogen and oxygen atoms in total. The van der Waals surface area contributed by atoms with E-state index in [1.54, 1.807) is 12.4 Å². The van der Waals surface area contributed by atoms with Crippen LogP contribution in [0.3, 0.4) is 0 Å². The normalized spacial score (nSPS) is 10.4. The fourth-order valence-corrected chi connectivity index (χ4v) is 0.889. The Hall–Kier alpha value is -1.45. The van der Waals surface area contributed by atoms with Gasteiger partial charge in [-0.2, -0.15) is 0 Å². The summed E-state index contributed by atoms with van der Waals surface area (Å²) in [6.07, 6.45) is 3.24. The number of carboxylic acid groups (broad SMARTS) is 1. The second-order valence-electron chi connectivity index (χ2n) is 3.16. The lowest BCUT2D eigenvalue weighted by atomic mass is 10.1. The number of aromatic nitrogens is 2. The molecule has 0 amide bonds. The highest BCUT2D eigenvalue weighted by molar-refractivity contribution is 5.68. The molecule has 0 saturated heterocycles. The summed E-state index contributed by atoms with van der Waals surface area (Å²) in [5.74, 6) is -0.173. The maximum atomic E-state index is 10.3. The maximum absolute atomic E-state index is 10.3. The van der Waals surface area contributed by atoms with E-state index >= 15 is 0 Å². The predicted molar refractivity (Wildman–Crippen MR) is 47.5 cm³/mol. The van der Waals surface area contributed by atoms with Crippen molar-refractivity contribution in [3.8, 4) is 0 Å². The summed E-state index contributed by atoms with van der Waals surface area (Å²) in [7, 11) is 0. The van der Waals surface area contributed by atoms with Crippen LogP contribution in [0.4, 0.5) is 0 Å². The first-order chi connectivity index (χ1) is 6.09. The Balaban J connectivity index is 2.75. The molecule has 0 atom stereocenters. The third-order valence-corrected chi connectivity index (χ3v) is 1.70. The molecule has 0 aliphatic heterocycles. The fourth-order valence-electron chi connectivity index (χ4n) is 0.889. The Morgan fingerprint density at radius 2 is 2.00 bits per heavy atom. The molecule has 0 bridgehead atoms. The molecule has 1 aromatic heterocycles. The van der Waals surface area contributed by atoms with Crippen molar-refractivity contribution in [1.82, 2.24) is 9.97 Å². The van der Waals surface area contributed by atoms with Gasteiger partial charge in [-0.25, -0.2) is 9.97 Å². The van der Waals surface area contributed by atoms with Crippen molar-refractivity contribution >= 4 is 5.97 Å². The SMILES string of the molecule is CC(C)c1cnc(CC(=O)O)nc1. The molecule has 0 radical (unpaired) electrons. The molecule has 70 valence electrons. The molecular weight excluding hydrogens is 168 g/mol. The largest absolute Gasteiger partial charge is 0.481 e. The first-order valence-electron chi connectivity index (χ1n) is 4.12. The van der Waals surface area contributed by atoms with E-state index in [1.807, 2.05) is 13.8 Å². The first-order valence-corrected chi connectivity index (χ1v) is 4.12. The predicted octanol–water partition coefficient (Wildman–Crippen LogP) is 1.23. The summed E-state index contributed by atoms with van der Waals surface area (Å²) < 4.78 is 0. The van der Waals surface area contributed by atoms with Crippen molar-refractivity contribution < 1.29 is 9.90 Å². The summed E-state index contributed by atoms with van der Waals surface area (Å²) >= 11 is 0.